The highest BCUT2D eigenvalue weighted by Crippen LogP contribution is 2.54. The van der Waals surface area contributed by atoms with E-state index < -0.39 is 4.75 Å². The van der Waals surface area contributed by atoms with Crippen LogP contribution in [0.3, 0.4) is 0 Å². The molecule has 0 aromatic heterocycles. The van der Waals surface area contributed by atoms with Crippen LogP contribution in [0.1, 0.15) is 6.42 Å². The summed E-state index contributed by atoms with van der Waals surface area (Å²) in [6, 6.07) is 0. The van der Waals surface area contributed by atoms with E-state index in [4.69, 9.17) is 0 Å². The van der Waals surface area contributed by atoms with Crippen molar-refractivity contribution in [2.24, 2.45) is 5.92 Å². The van der Waals surface area contributed by atoms with E-state index in [-0.39, 0.29) is 17.9 Å². The number of carbonyl (C=O) groups is 2. The normalized spacial score (nSPS) is 30.8. The second-order valence-electron chi connectivity index (χ2n) is 2.87. The lowest BCUT2D eigenvalue weighted by Crippen LogP contribution is -2.25. The van der Waals surface area contributed by atoms with Crippen molar-refractivity contribution in [2.45, 2.75) is 11.2 Å². The van der Waals surface area contributed by atoms with Crippen molar-refractivity contribution < 1.29 is 19.1 Å². The van der Waals surface area contributed by atoms with Gasteiger partial charge in [0.15, 0.2) is 0 Å². The Hall–Kier alpha value is -0.710. The summed E-state index contributed by atoms with van der Waals surface area (Å²) >= 11 is 1.35. The lowest BCUT2D eigenvalue weighted by Gasteiger charge is -2.10. The van der Waals surface area contributed by atoms with Crippen LogP contribution in [0.4, 0.5) is 0 Å². The van der Waals surface area contributed by atoms with Gasteiger partial charge in [-0.05, 0) is 12.7 Å². The highest BCUT2D eigenvalue weighted by Gasteiger charge is 2.65. The molecule has 0 aromatic carbocycles. The summed E-state index contributed by atoms with van der Waals surface area (Å²) in [7, 11) is 2.65. The van der Waals surface area contributed by atoms with Gasteiger partial charge in [0, 0.05) is 0 Å². The van der Waals surface area contributed by atoms with Gasteiger partial charge in [-0.15, -0.1) is 11.8 Å². The standard InChI is InChI=1S/C8H12O4S/c1-11-6(9)5-4-8(5,13-3)7(10)12-2/h5H,4H2,1-3H3/t5-,8-/m0/s1. The Labute approximate surface area is 81.0 Å². The molecule has 0 saturated heterocycles. The van der Waals surface area contributed by atoms with Gasteiger partial charge in [-0.3, -0.25) is 9.59 Å². The molecule has 13 heavy (non-hydrogen) atoms. The van der Waals surface area contributed by atoms with Crippen molar-refractivity contribution >= 4 is 23.7 Å². The topological polar surface area (TPSA) is 52.6 Å². The third-order valence-corrected chi connectivity index (χ3v) is 3.64. The van der Waals surface area contributed by atoms with Crippen LogP contribution in [0.15, 0.2) is 0 Å². The Kier molecular flexibility index (Phi) is 2.85. The lowest BCUT2D eigenvalue weighted by molar-refractivity contribution is -0.147. The van der Waals surface area contributed by atoms with E-state index in [0.717, 1.165) is 0 Å². The minimum atomic E-state index is -0.679. The second kappa shape index (κ2) is 3.57. The highest BCUT2D eigenvalue weighted by molar-refractivity contribution is 8.01. The van der Waals surface area contributed by atoms with E-state index in [1.807, 2.05) is 0 Å². The average molecular weight is 204 g/mol. The smallest absolute Gasteiger partial charge is 0.322 e. The molecule has 1 aliphatic carbocycles. The summed E-state index contributed by atoms with van der Waals surface area (Å²) in [6.07, 6.45) is 2.31. The summed E-state index contributed by atoms with van der Waals surface area (Å²) in [4.78, 5) is 22.4. The first kappa shape index (κ1) is 10.4. The summed E-state index contributed by atoms with van der Waals surface area (Å²) < 4.78 is 8.51. The monoisotopic (exact) mass is 204 g/mol. The molecule has 0 N–H and O–H groups in total. The summed E-state index contributed by atoms with van der Waals surface area (Å²) in [5.74, 6) is -1.00. The molecule has 0 amide bonds. The number of hydrogen-bond donors (Lipinski definition) is 0. The SMILES string of the molecule is COC(=O)[C@@H]1C[C@@]1(SC)C(=O)OC. The third kappa shape index (κ3) is 1.52. The zero-order valence-corrected chi connectivity index (χ0v) is 8.64. The maximum Gasteiger partial charge on any atom is 0.322 e. The van der Waals surface area contributed by atoms with E-state index in [9.17, 15) is 9.59 Å². The van der Waals surface area contributed by atoms with Gasteiger partial charge in [0.25, 0.3) is 0 Å². The van der Waals surface area contributed by atoms with E-state index in [1.54, 1.807) is 6.26 Å². The van der Waals surface area contributed by atoms with Gasteiger partial charge in [-0.1, -0.05) is 0 Å². The number of esters is 2. The van der Waals surface area contributed by atoms with Crippen molar-refractivity contribution in [3.63, 3.8) is 0 Å². The first-order chi connectivity index (χ1) is 6.12. The summed E-state index contributed by atoms with van der Waals surface area (Å²) in [5.41, 5.74) is 0. The Balaban J connectivity index is 2.69. The predicted octanol–water partition coefficient (Wildman–Crippen LogP) is 0.454. The van der Waals surface area contributed by atoms with Crippen LogP contribution in [0.25, 0.3) is 0 Å². The van der Waals surface area contributed by atoms with Gasteiger partial charge in [-0.25, -0.2) is 0 Å². The zero-order chi connectivity index (χ0) is 10.1. The Morgan fingerprint density at radius 3 is 2.38 bits per heavy atom. The van der Waals surface area contributed by atoms with E-state index in [2.05, 4.69) is 9.47 Å². The molecule has 1 rings (SSSR count). The third-order valence-electron chi connectivity index (χ3n) is 2.29. The fraction of sp³-hybridized carbons (Fsp3) is 0.750. The molecule has 0 unspecified atom stereocenters. The van der Waals surface area contributed by atoms with Crippen LogP contribution in [-0.2, 0) is 19.1 Å². The molecule has 0 aromatic rings. The molecule has 5 heteroatoms. The van der Waals surface area contributed by atoms with Crippen molar-refractivity contribution in [2.75, 3.05) is 20.5 Å². The predicted molar refractivity (Wildman–Crippen MR) is 48.4 cm³/mol. The molecule has 0 aliphatic heterocycles. The number of methoxy groups -OCH3 is 2. The largest absolute Gasteiger partial charge is 0.469 e. The van der Waals surface area contributed by atoms with E-state index >= 15 is 0 Å². The van der Waals surface area contributed by atoms with Crippen molar-refractivity contribution in [1.29, 1.82) is 0 Å². The van der Waals surface area contributed by atoms with Crippen LogP contribution >= 0.6 is 11.8 Å². The van der Waals surface area contributed by atoms with E-state index in [1.165, 1.54) is 26.0 Å². The van der Waals surface area contributed by atoms with Crippen molar-refractivity contribution in [3.05, 3.63) is 0 Å². The number of hydrogen-bond acceptors (Lipinski definition) is 5. The van der Waals surface area contributed by atoms with E-state index in [0.29, 0.717) is 6.42 Å². The second-order valence-corrected chi connectivity index (χ2v) is 4.00. The van der Waals surface area contributed by atoms with Gasteiger partial charge in [0.1, 0.15) is 4.75 Å². The molecule has 2 atom stereocenters. The maximum atomic E-state index is 11.3. The molecule has 1 saturated carbocycles. The quantitative estimate of drug-likeness (QED) is 0.625. The first-order valence-corrected chi connectivity index (χ1v) is 5.06. The molecule has 0 radical (unpaired) electrons. The number of carbonyl (C=O) groups excluding carboxylic acids is 2. The van der Waals surface area contributed by atoms with Crippen LogP contribution in [0.2, 0.25) is 0 Å². The maximum absolute atomic E-state index is 11.3. The molecule has 4 nitrogen and oxygen atoms in total. The molecule has 74 valence electrons. The van der Waals surface area contributed by atoms with Gasteiger partial charge in [0.2, 0.25) is 0 Å². The Morgan fingerprint density at radius 1 is 1.38 bits per heavy atom. The van der Waals surface area contributed by atoms with Gasteiger partial charge in [-0.2, -0.15) is 0 Å². The van der Waals surface area contributed by atoms with Crippen LogP contribution in [0, 0.1) is 5.92 Å². The van der Waals surface area contributed by atoms with Crippen LogP contribution < -0.4 is 0 Å². The van der Waals surface area contributed by atoms with Gasteiger partial charge < -0.3 is 9.47 Å². The Morgan fingerprint density at radius 2 is 2.00 bits per heavy atom. The zero-order valence-electron chi connectivity index (χ0n) is 7.83. The molecular formula is C8H12O4S. The van der Waals surface area contributed by atoms with Crippen LogP contribution in [-0.4, -0.2) is 37.2 Å². The molecule has 0 heterocycles. The summed E-state index contributed by atoms with van der Waals surface area (Å²) in [6.45, 7) is 0. The molecule has 1 aliphatic rings. The van der Waals surface area contributed by atoms with Gasteiger partial charge >= 0.3 is 11.9 Å². The number of ether oxygens (including phenoxy) is 2. The average Bonchev–Trinajstić information content (AvgIpc) is 2.91. The Bertz CT molecular complexity index is 240. The molecular weight excluding hydrogens is 192 g/mol. The lowest BCUT2D eigenvalue weighted by atomic mass is 10.3. The van der Waals surface area contributed by atoms with Crippen LogP contribution in [0.5, 0.6) is 0 Å². The fourth-order valence-electron chi connectivity index (χ4n) is 1.37. The molecule has 1 fully saturated rings. The minimum Gasteiger partial charge on any atom is -0.469 e. The van der Waals surface area contributed by atoms with Gasteiger partial charge in [0.05, 0.1) is 20.1 Å². The highest BCUT2D eigenvalue weighted by atomic mass is 32.2. The number of thioether (sulfide) groups is 1. The molecule has 0 spiro atoms. The minimum absolute atomic E-state index is 0.333. The van der Waals surface area contributed by atoms with Crippen molar-refractivity contribution in [3.8, 4) is 0 Å². The summed E-state index contributed by atoms with van der Waals surface area (Å²) in [5, 5.41) is 0. The molecule has 0 bridgehead atoms. The first-order valence-electron chi connectivity index (χ1n) is 3.83. The number of rotatable bonds is 3. The fourth-order valence-corrected chi connectivity index (χ4v) is 2.33. The van der Waals surface area contributed by atoms with Crippen molar-refractivity contribution in [1.82, 2.24) is 0 Å².